The maximum absolute atomic E-state index is 11.8. The quantitative estimate of drug-likeness (QED) is 0.873. The zero-order chi connectivity index (χ0) is 17.5. The Morgan fingerprint density at radius 1 is 1.29 bits per heavy atom. The third-order valence-corrected chi connectivity index (χ3v) is 4.84. The Balaban J connectivity index is 1.94. The fourth-order valence-corrected chi connectivity index (χ4v) is 3.95. The predicted molar refractivity (Wildman–Crippen MR) is 92.5 cm³/mol. The minimum atomic E-state index is -0.928. The van der Waals surface area contributed by atoms with Gasteiger partial charge in [-0.3, -0.25) is 4.90 Å². The summed E-state index contributed by atoms with van der Waals surface area (Å²) >= 11 is 0. The summed E-state index contributed by atoms with van der Waals surface area (Å²) in [6.07, 6.45) is 2.84. The van der Waals surface area contributed by atoms with Crippen LogP contribution in [0.25, 0.3) is 0 Å². The molecule has 1 aromatic rings. The number of hydrogen-bond acceptors (Lipinski definition) is 3. The van der Waals surface area contributed by atoms with Gasteiger partial charge in [0.25, 0.3) is 0 Å². The average Bonchev–Trinajstić information content (AvgIpc) is 2.81. The van der Waals surface area contributed by atoms with Crippen LogP contribution >= 0.6 is 0 Å². The summed E-state index contributed by atoms with van der Waals surface area (Å²) in [6, 6.07) is 8.03. The monoisotopic (exact) mass is 330 g/mol. The molecule has 0 bridgehead atoms. The number of aliphatic hydroxyl groups excluding tert-OH is 1. The first-order chi connectivity index (χ1) is 11.3. The summed E-state index contributed by atoms with van der Waals surface area (Å²) in [5.41, 5.74) is 2.65. The van der Waals surface area contributed by atoms with E-state index < -0.39 is 17.7 Å². The lowest BCUT2D eigenvalue weighted by Crippen LogP contribution is -2.46. The van der Waals surface area contributed by atoms with Crippen LogP contribution in [0.2, 0.25) is 0 Å². The van der Waals surface area contributed by atoms with Gasteiger partial charge in [0.1, 0.15) is 0 Å². The van der Waals surface area contributed by atoms with Gasteiger partial charge in [0, 0.05) is 30.4 Å². The van der Waals surface area contributed by atoms with Gasteiger partial charge in [-0.1, -0.05) is 24.3 Å². The fourth-order valence-electron chi connectivity index (χ4n) is 3.95. The molecule has 1 aromatic carbocycles. The minimum Gasteiger partial charge on any atom is -0.465 e. The lowest BCUT2D eigenvalue weighted by Gasteiger charge is -2.40. The molecule has 1 heterocycles. The van der Waals surface area contributed by atoms with E-state index in [1.54, 1.807) is 0 Å². The highest BCUT2D eigenvalue weighted by molar-refractivity contribution is 5.68. The highest BCUT2D eigenvalue weighted by Gasteiger charge is 2.37. The molecule has 0 spiro atoms. The number of fused-ring (bicyclic) bond motifs is 1. The van der Waals surface area contributed by atoms with Gasteiger partial charge >= 0.3 is 6.09 Å². The van der Waals surface area contributed by atoms with E-state index in [2.05, 4.69) is 17.0 Å². The number of amides is 1. The van der Waals surface area contributed by atoms with E-state index in [0.717, 1.165) is 30.6 Å². The Morgan fingerprint density at radius 2 is 2.00 bits per heavy atom. The Morgan fingerprint density at radius 3 is 2.67 bits per heavy atom. The van der Waals surface area contributed by atoms with Crippen LogP contribution in [0.1, 0.15) is 50.8 Å². The molecule has 1 amide bonds. The molecule has 0 radical (unpaired) electrons. The number of hydrogen-bond donors (Lipinski definition) is 2. The molecule has 0 saturated carbocycles. The minimum absolute atomic E-state index is 0.0906. The summed E-state index contributed by atoms with van der Waals surface area (Å²) in [5.74, 6) is 0. The van der Waals surface area contributed by atoms with E-state index in [-0.39, 0.29) is 6.04 Å². The van der Waals surface area contributed by atoms with Crippen LogP contribution in [0, 0.1) is 0 Å². The summed E-state index contributed by atoms with van der Waals surface area (Å²) < 4.78 is 0. The van der Waals surface area contributed by atoms with Crippen molar-refractivity contribution in [3.8, 4) is 0 Å². The first kappa shape index (κ1) is 16.8. The van der Waals surface area contributed by atoms with Gasteiger partial charge < -0.3 is 15.1 Å². The molecule has 2 aliphatic rings. The van der Waals surface area contributed by atoms with Gasteiger partial charge in [-0.2, -0.15) is 0 Å². The fraction of sp³-hybridized carbons (Fsp3) is 0.526. The van der Waals surface area contributed by atoms with E-state index in [4.69, 9.17) is 0 Å². The smallest absolute Gasteiger partial charge is 0.412 e. The maximum atomic E-state index is 11.8. The van der Waals surface area contributed by atoms with Crippen molar-refractivity contribution in [3.63, 3.8) is 0 Å². The van der Waals surface area contributed by atoms with Crippen LogP contribution in [0.4, 0.5) is 4.79 Å². The number of nitrogens with zero attached hydrogens (tertiary/aromatic N) is 2. The third kappa shape index (κ3) is 3.00. The lowest BCUT2D eigenvalue weighted by molar-refractivity contribution is 0.0758. The van der Waals surface area contributed by atoms with Crippen LogP contribution in [0.5, 0.6) is 0 Å². The van der Waals surface area contributed by atoms with Crippen molar-refractivity contribution in [2.75, 3.05) is 6.54 Å². The van der Waals surface area contributed by atoms with Crippen molar-refractivity contribution in [2.24, 2.45) is 0 Å². The molecule has 5 heteroatoms. The Kier molecular flexibility index (Phi) is 4.30. The van der Waals surface area contributed by atoms with Crippen molar-refractivity contribution in [1.29, 1.82) is 0 Å². The molecule has 0 aromatic heterocycles. The molecule has 0 fully saturated rings. The van der Waals surface area contributed by atoms with Gasteiger partial charge in [0.15, 0.2) is 0 Å². The first-order valence-electron chi connectivity index (χ1n) is 8.54. The van der Waals surface area contributed by atoms with Crippen molar-refractivity contribution < 1.29 is 15.0 Å². The van der Waals surface area contributed by atoms with Crippen LogP contribution in [0.3, 0.4) is 0 Å². The number of allylic oxidation sites excluding steroid dienone is 1. The second-order valence-electron chi connectivity index (χ2n) is 7.67. The molecular formula is C19H26N2O3. The number of benzene rings is 1. The number of carbonyl (C=O) groups is 1. The van der Waals surface area contributed by atoms with Crippen LogP contribution in [-0.4, -0.2) is 44.3 Å². The molecule has 5 nitrogen and oxygen atoms in total. The van der Waals surface area contributed by atoms with Crippen molar-refractivity contribution in [2.45, 2.75) is 57.7 Å². The molecule has 0 unspecified atom stereocenters. The second kappa shape index (κ2) is 6.13. The summed E-state index contributed by atoms with van der Waals surface area (Å²) in [5, 5.41) is 20.2. The molecule has 3 rings (SSSR count). The normalized spacial score (nSPS) is 23.7. The largest absolute Gasteiger partial charge is 0.465 e. The molecule has 130 valence electrons. The van der Waals surface area contributed by atoms with Gasteiger partial charge in [0.2, 0.25) is 0 Å². The SMILES string of the molecule is CC(C)(C)N(C(=O)O)C1=CN([C@H]2c3ccccc3C[C@@H]2O)CCC1. The van der Waals surface area contributed by atoms with E-state index in [0.29, 0.717) is 6.42 Å². The lowest BCUT2D eigenvalue weighted by atomic mass is 10.0. The average molecular weight is 330 g/mol. The molecular weight excluding hydrogens is 304 g/mol. The Hall–Kier alpha value is -2.01. The number of aliphatic hydroxyl groups is 1. The van der Waals surface area contributed by atoms with E-state index in [1.807, 2.05) is 39.1 Å². The molecule has 24 heavy (non-hydrogen) atoms. The Labute approximate surface area is 143 Å². The van der Waals surface area contributed by atoms with Gasteiger partial charge in [-0.15, -0.1) is 0 Å². The molecule has 1 aliphatic carbocycles. The van der Waals surface area contributed by atoms with E-state index in [1.165, 1.54) is 10.5 Å². The highest BCUT2D eigenvalue weighted by Crippen LogP contribution is 2.38. The molecule has 1 aliphatic heterocycles. The maximum Gasteiger partial charge on any atom is 0.412 e. The standard InChI is InChI=1S/C19H26N2O3/c1-19(2,3)21(18(23)24)14-8-6-10-20(12-14)17-15-9-5-4-7-13(15)11-16(17)22/h4-5,7,9,12,16-17,22H,6,8,10-11H2,1-3H3,(H,23,24)/t16-,17-/m0/s1. The van der Waals surface area contributed by atoms with Crippen molar-refractivity contribution in [3.05, 3.63) is 47.3 Å². The predicted octanol–water partition coefficient (Wildman–Crippen LogP) is 3.36. The zero-order valence-corrected chi connectivity index (χ0v) is 14.6. The van der Waals surface area contributed by atoms with Gasteiger partial charge in [0.05, 0.1) is 12.1 Å². The van der Waals surface area contributed by atoms with E-state index >= 15 is 0 Å². The highest BCUT2D eigenvalue weighted by atomic mass is 16.4. The first-order valence-corrected chi connectivity index (χ1v) is 8.54. The van der Waals surface area contributed by atoms with Crippen LogP contribution in [0.15, 0.2) is 36.2 Å². The van der Waals surface area contributed by atoms with Crippen LogP contribution in [-0.2, 0) is 6.42 Å². The molecule has 0 saturated heterocycles. The van der Waals surface area contributed by atoms with Crippen LogP contribution < -0.4 is 0 Å². The third-order valence-electron chi connectivity index (χ3n) is 4.84. The number of carboxylic acid groups (broad SMARTS) is 1. The second-order valence-corrected chi connectivity index (χ2v) is 7.67. The topological polar surface area (TPSA) is 64.0 Å². The van der Waals surface area contributed by atoms with E-state index in [9.17, 15) is 15.0 Å². The van der Waals surface area contributed by atoms with Gasteiger partial charge in [-0.25, -0.2) is 4.79 Å². The summed E-state index contributed by atoms with van der Waals surface area (Å²) in [7, 11) is 0. The summed E-state index contributed by atoms with van der Waals surface area (Å²) in [4.78, 5) is 15.3. The van der Waals surface area contributed by atoms with Gasteiger partial charge in [-0.05, 0) is 44.7 Å². The molecule has 2 atom stereocenters. The zero-order valence-electron chi connectivity index (χ0n) is 14.6. The van der Waals surface area contributed by atoms with Crippen molar-refractivity contribution in [1.82, 2.24) is 9.80 Å². The summed E-state index contributed by atoms with van der Waals surface area (Å²) in [6.45, 7) is 6.54. The van der Waals surface area contributed by atoms with Crippen molar-refractivity contribution >= 4 is 6.09 Å². The number of rotatable bonds is 2. The molecule has 2 N–H and O–H groups in total. The Bertz CT molecular complexity index is 663.